The van der Waals surface area contributed by atoms with Crippen LogP contribution in [0.15, 0.2) is 40.5 Å². The first-order chi connectivity index (χ1) is 15.3. The number of quaternary nitrogens is 1. The van der Waals surface area contributed by atoms with E-state index in [1.54, 1.807) is 10.6 Å². The summed E-state index contributed by atoms with van der Waals surface area (Å²) >= 11 is 0. The first-order valence-corrected chi connectivity index (χ1v) is 10.8. The first kappa shape index (κ1) is 23.2. The number of pyridine rings is 1. The number of hydrogen-bond donors (Lipinski definition) is 2. The van der Waals surface area contributed by atoms with Crippen LogP contribution in [-0.4, -0.2) is 38.4 Å². The van der Waals surface area contributed by atoms with Crippen LogP contribution >= 0.6 is 0 Å². The van der Waals surface area contributed by atoms with Crippen molar-refractivity contribution in [3.8, 4) is 23.3 Å². The molecule has 1 aliphatic rings. The van der Waals surface area contributed by atoms with E-state index < -0.39 is 5.92 Å². The zero-order valence-electron chi connectivity index (χ0n) is 19.3. The van der Waals surface area contributed by atoms with Crippen molar-refractivity contribution in [3.05, 3.63) is 62.9 Å². The van der Waals surface area contributed by atoms with E-state index in [9.17, 15) is 10.1 Å². The highest BCUT2D eigenvalue weighted by Gasteiger charge is 2.35. The molecule has 8 heteroatoms. The average Bonchev–Trinajstić information content (AvgIpc) is 2.74. The third-order valence-electron chi connectivity index (χ3n) is 5.43. The Morgan fingerprint density at radius 3 is 2.50 bits per heavy atom. The molecule has 0 bridgehead atoms. The third-order valence-corrected chi connectivity index (χ3v) is 5.43. The lowest BCUT2D eigenvalue weighted by Gasteiger charge is -2.28. The van der Waals surface area contributed by atoms with Gasteiger partial charge in [-0.1, -0.05) is 6.07 Å². The van der Waals surface area contributed by atoms with Crippen molar-refractivity contribution in [2.24, 2.45) is 5.73 Å². The number of nitrogens with zero attached hydrogens (tertiary/aromatic N) is 2. The van der Waals surface area contributed by atoms with E-state index in [1.807, 2.05) is 53.1 Å². The van der Waals surface area contributed by atoms with Gasteiger partial charge in [-0.3, -0.25) is 4.79 Å². The van der Waals surface area contributed by atoms with E-state index in [1.165, 1.54) is 4.90 Å². The minimum atomic E-state index is -0.662. The molecule has 0 radical (unpaired) electrons. The van der Waals surface area contributed by atoms with Crippen molar-refractivity contribution in [2.75, 3.05) is 33.9 Å². The Morgan fingerprint density at radius 2 is 1.88 bits per heavy atom. The van der Waals surface area contributed by atoms with Gasteiger partial charge in [-0.25, -0.2) is 0 Å². The quantitative estimate of drug-likeness (QED) is 0.643. The second-order valence-corrected chi connectivity index (χ2v) is 7.97. The van der Waals surface area contributed by atoms with E-state index in [4.69, 9.17) is 19.9 Å². The van der Waals surface area contributed by atoms with Gasteiger partial charge in [0.15, 0.2) is 11.5 Å². The zero-order valence-corrected chi connectivity index (χ0v) is 19.3. The number of nitrogens with two attached hydrogens (primary N) is 1. The van der Waals surface area contributed by atoms with Crippen molar-refractivity contribution in [2.45, 2.75) is 33.2 Å². The lowest BCUT2D eigenvalue weighted by atomic mass is 9.84. The van der Waals surface area contributed by atoms with Crippen LogP contribution in [0.3, 0.4) is 0 Å². The van der Waals surface area contributed by atoms with E-state index in [0.717, 1.165) is 12.2 Å². The zero-order chi connectivity index (χ0) is 23.4. The molecular formula is C24H31N4O4+. The van der Waals surface area contributed by atoms with Crippen LogP contribution in [0.25, 0.3) is 0 Å². The first-order valence-electron chi connectivity index (χ1n) is 10.8. The monoisotopic (exact) mass is 439 g/mol. The molecule has 1 aromatic heterocycles. The van der Waals surface area contributed by atoms with Gasteiger partial charge in [0.25, 0.3) is 5.56 Å². The molecule has 0 spiro atoms. The Balaban J connectivity index is 2.22. The molecule has 0 fully saturated rings. The van der Waals surface area contributed by atoms with Gasteiger partial charge in [0.05, 0.1) is 51.9 Å². The summed E-state index contributed by atoms with van der Waals surface area (Å²) in [6.45, 7) is 7.94. The summed E-state index contributed by atoms with van der Waals surface area (Å²) in [5.74, 6) is 0.889. The average molecular weight is 440 g/mol. The molecule has 0 aliphatic carbocycles. The normalized spacial score (nSPS) is 15.2. The molecule has 3 N–H and O–H groups in total. The largest absolute Gasteiger partial charge is 0.490 e. The fourth-order valence-corrected chi connectivity index (χ4v) is 3.88. The summed E-state index contributed by atoms with van der Waals surface area (Å²) in [6.07, 6.45) is 0. The maximum absolute atomic E-state index is 13.6. The highest BCUT2D eigenvalue weighted by atomic mass is 16.5. The fourth-order valence-electron chi connectivity index (χ4n) is 3.88. The number of fused-ring (bicyclic) bond motifs is 1. The topological polar surface area (TPSA) is 104 Å². The second-order valence-electron chi connectivity index (χ2n) is 7.97. The van der Waals surface area contributed by atoms with Gasteiger partial charge in [0, 0.05) is 11.8 Å². The molecule has 0 saturated carbocycles. The second kappa shape index (κ2) is 9.79. The van der Waals surface area contributed by atoms with Crippen LogP contribution in [0.2, 0.25) is 0 Å². The van der Waals surface area contributed by atoms with Gasteiger partial charge in [-0.05, 0) is 38.5 Å². The SMILES string of the molecule is CCOc1ccc([C@H]2C(C#N)=C(N)Oc3cc(C)n(CC[NH+](C)C)c(=O)c32)cc1OCC. The Kier molecular flexibility index (Phi) is 7.11. The third kappa shape index (κ3) is 4.43. The van der Waals surface area contributed by atoms with Crippen molar-refractivity contribution < 1.29 is 19.1 Å². The number of ether oxygens (including phenoxy) is 3. The Morgan fingerprint density at radius 1 is 1.19 bits per heavy atom. The lowest BCUT2D eigenvalue weighted by Crippen LogP contribution is -3.06. The summed E-state index contributed by atoms with van der Waals surface area (Å²) in [5, 5.41) is 9.89. The van der Waals surface area contributed by atoms with Crippen LogP contribution in [0.4, 0.5) is 0 Å². The van der Waals surface area contributed by atoms with E-state index in [2.05, 4.69) is 6.07 Å². The number of allylic oxidation sites excluding steroid dienone is 1. The molecule has 0 unspecified atom stereocenters. The molecule has 32 heavy (non-hydrogen) atoms. The van der Waals surface area contributed by atoms with Crippen molar-refractivity contribution in [3.63, 3.8) is 0 Å². The predicted octanol–water partition coefficient (Wildman–Crippen LogP) is 1.32. The molecule has 1 aliphatic heterocycles. The number of hydrogen-bond acceptors (Lipinski definition) is 6. The van der Waals surface area contributed by atoms with Crippen LogP contribution < -0.4 is 30.4 Å². The van der Waals surface area contributed by atoms with Gasteiger partial charge < -0.3 is 29.4 Å². The summed E-state index contributed by atoms with van der Waals surface area (Å²) in [7, 11) is 4.08. The van der Waals surface area contributed by atoms with Crippen LogP contribution in [0.1, 0.15) is 36.6 Å². The fraction of sp³-hybridized carbons (Fsp3) is 0.417. The maximum atomic E-state index is 13.6. The van der Waals surface area contributed by atoms with Gasteiger partial charge in [-0.15, -0.1) is 0 Å². The maximum Gasteiger partial charge on any atom is 0.258 e. The minimum Gasteiger partial charge on any atom is -0.490 e. The summed E-state index contributed by atoms with van der Waals surface area (Å²) in [5.41, 5.74) is 8.03. The van der Waals surface area contributed by atoms with E-state index in [0.29, 0.717) is 48.1 Å². The van der Waals surface area contributed by atoms with Gasteiger partial charge >= 0.3 is 0 Å². The Labute approximate surface area is 188 Å². The molecule has 0 saturated heterocycles. The molecule has 8 nitrogen and oxygen atoms in total. The van der Waals surface area contributed by atoms with Crippen LogP contribution in [0, 0.1) is 18.3 Å². The summed E-state index contributed by atoms with van der Waals surface area (Å²) < 4.78 is 18.9. The van der Waals surface area contributed by atoms with Crippen molar-refractivity contribution in [1.29, 1.82) is 5.26 Å². The van der Waals surface area contributed by atoms with Crippen LogP contribution in [0.5, 0.6) is 17.2 Å². The van der Waals surface area contributed by atoms with E-state index in [-0.39, 0.29) is 17.0 Å². The number of benzene rings is 1. The van der Waals surface area contributed by atoms with E-state index >= 15 is 0 Å². The number of rotatable bonds is 8. The predicted molar refractivity (Wildman–Crippen MR) is 121 cm³/mol. The molecule has 1 aromatic carbocycles. The highest BCUT2D eigenvalue weighted by Crippen LogP contribution is 2.42. The lowest BCUT2D eigenvalue weighted by molar-refractivity contribution is -0.858. The van der Waals surface area contributed by atoms with Crippen molar-refractivity contribution >= 4 is 0 Å². The van der Waals surface area contributed by atoms with Gasteiger partial charge in [0.1, 0.15) is 17.4 Å². The highest BCUT2D eigenvalue weighted by molar-refractivity contribution is 5.57. The van der Waals surface area contributed by atoms with Crippen molar-refractivity contribution in [1.82, 2.24) is 4.57 Å². The summed E-state index contributed by atoms with van der Waals surface area (Å²) in [4.78, 5) is 14.9. The van der Waals surface area contributed by atoms with Crippen LogP contribution in [-0.2, 0) is 6.54 Å². The Hall–Kier alpha value is -3.44. The number of nitriles is 1. The Bertz CT molecular complexity index is 1130. The van der Waals surface area contributed by atoms with Gasteiger partial charge in [0.2, 0.25) is 5.88 Å². The number of aryl methyl sites for hydroxylation is 1. The molecule has 2 heterocycles. The molecule has 2 aromatic rings. The summed E-state index contributed by atoms with van der Waals surface area (Å²) in [6, 6.07) is 9.41. The number of aromatic nitrogens is 1. The number of nitrogens with one attached hydrogen (secondary N) is 1. The number of likely N-dealkylation sites (N-methyl/N-ethyl adjacent to an activating group) is 1. The molecule has 170 valence electrons. The standard InChI is InChI=1S/C24H30N4O4/c1-6-30-18-9-8-16(13-19(18)31-7-2)21-17(14-25)23(26)32-20-12-15(3)28(11-10-27(4)5)24(29)22(20)21/h8-9,12-13,21H,6-7,10-11,26H2,1-5H3/p+1/t21-/m0/s1. The van der Waals surface area contributed by atoms with Gasteiger partial charge in [-0.2, -0.15) is 5.26 Å². The smallest absolute Gasteiger partial charge is 0.258 e. The minimum absolute atomic E-state index is 0.00568. The molecular weight excluding hydrogens is 408 g/mol. The molecule has 1 atom stereocenters. The molecule has 0 amide bonds. The molecule has 3 rings (SSSR count).